The van der Waals surface area contributed by atoms with Gasteiger partial charge in [0.15, 0.2) is 6.61 Å². The van der Waals surface area contributed by atoms with E-state index in [0.717, 1.165) is 22.8 Å². The minimum Gasteiger partial charge on any atom is -0.494 e. The van der Waals surface area contributed by atoms with Gasteiger partial charge in [-0.3, -0.25) is 14.9 Å². The molecule has 0 aliphatic rings. The Balaban J connectivity index is 1.74. The van der Waals surface area contributed by atoms with Gasteiger partial charge in [-0.2, -0.15) is 0 Å². The third-order valence-electron chi connectivity index (χ3n) is 4.55. The van der Waals surface area contributed by atoms with Crippen molar-refractivity contribution in [3.8, 4) is 17.2 Å². The molecule has 0 amide bonds. The molecule has 0 spiro atoms. The number of ether oxygens (including phenoxy) is 2. The van der Waals surface area contributed by atoms with Gasteiger partial charge in [0, 0.05) is 34.8 Å². The second-order valence-electron chi connectivity index (χ2n) is 6.51. The molecule has 0 fully saturated rings. The zero-order valence-corrected chi connectivity index (χ0v) is 16.5. The van der Waals surface area contributed by atoms with E-state index in [9.17, 15) is 14.9 Å². The maximum absolute atomic E-state index is 12.7. The van der Waals surface area contributed by atoms with Gasteiger partial charge in [-0.05, 0) is 63.2 Å². The summed E-state index contributed by atoms with van der Waals surface area (Å²) in [5.74, 6) is 1.05. The minimum atomic E-state index is -0.481. The van der Waals surface area contributed by atoms with E-state index in [1.165, 1.54) is 24.3 Å². The van der Waals surface area contributed by atoms with E-state index in [-0.39, 0.29) is 18.1 Å². The molecule has 2 aromatic carbocycles. The van der Waals surface area contributed by atoms with Crippen molar-refractivity contribution in [2.24, 2.45) is 0 Å². The van der Waals surface area contributed by atoms with Crippen molar-refractivity contribution < 1.29 is 19.2 Å². The fraction of sp³-hybridized carbons (Fsp3) is 0.227. The Morgan fingerprint density at radius 3 is 2.17 bits per heavy atom. The Morgan fingerprint density at radius 2 is 1.59 bits per heavy atom. The molecule has 3 aromatic rings. The summed E-state index contributed by atoms with van der Waals surface area (Å²) in [6.07, 6.45) is 0. The lowest BCUT2D eigenvalue weighted by Crippen LogP contribution is -2.12. The van der Waals surface area contributed by atoms with E-state index in [0.29, 0.717) is 17.9 Å². The number of hydrogen-bond donors (Lipinski definition) is 0. The number of carbonyl (C=O) groups is 1. The number of nitro benzene ring substituents is 1. The molecule has 0 bridgehead atoms. The maximum atomic E-state index is 12.7. The maximum Gasteiger partial charge on any atom is 0.269 e. The van der Waals surface area contributed by atoms with Gasteiger partial charge in [0.1, 0.15) is 11.5 Å². The molecule has 0 aliphatic carbocycles. The van der Waals surface area contributed by atoms with Crippen LogP contribution in [0.3, 0.4) is 0 Å². The van der Waals surface area contributed by atoms with Crippen LogP contribution in [0, 0.1) is 24.0 Å². The Labute approximate surface area is 168 Å². The Hall–Kier alpha value is -3.61. The van der Waals surface area contributed by atoms with E-state index in [1.54, 1.807) is 0 Å². The topological polar surface area (TPSA) is 83.6 Å². The first-order chi connectivity index (χ1) is 13.9. The number of Topliss-reactive ketones (excluding diaryl/α,β-unsaturated/α-hetero) is 1. The molecular weight excluding hydrogens is 372 g/mol. The van der Waals surface area contributed by atoms with Gasteiger partial charge in [0.05, 0.1) is 11.5 Å². The number of aryl methyl sites for hydroxylation is 1. The summed E-state index contributed by atoms with van der Waals surface area (Å²) in [6, 6.07) is 15.2. The van der Waals surface area contributed by atoms with Crippen molar-refractivity contribution in [3.05, 3.63) is 81.7 Å². The second-order valence-corrected chi connectivity index (χ2v) is 6.51. The Morgan fingerprint density at radius 1 is 1.00 bits per heavy atom. The molecule has 1 aromatic heterocycles. The lowest BCUT2D eigenvalue weighted by Gasteiger charge is -2.11. The van der Waals surface area contributed by atoms with E-state index in [1.807, 2.05) is 55.7 Å². The molecule has 7 heteroatoms. The number of carbonyl (C=O) groups excluding carboxylic acids is 1. The summed E-state index contributed by atoms with van der Waals surface area (Å²) in [5, 5.41) is 10.7. The fourth-order valence-electron chi connectivity index (χ4n) is 3.19. The summed E-state index contributed by atoms with van der Waals surface area (Å²) >= 11 is 0. The van der Waals surface area contributed by atoms with Crippen molar-refractivity contribution in [3.63, 3.8) is 0 Å². The predicted molar refractivity (Wildman–Crippen MR) is 109 cm³/mol. The van der Waals surface area contributed by atoms with Crippen LogP contribution in [0.1, 0.15) is 28.7 Å². The zero-order chi connectivity index (χ0) is 21.0. The highest BCUT2D eigenvalue weighted by Crippen LogP contribution is 2.24. The van der Waals surface area contributed by atoms with Crippen LogP contribution >= 0.6 is 0 Å². The van der Waals surface area contributed by atoms with Crippen LogP contribution in [-0.2, 0) is 0 Å². The highest BCUT2D eigenvalue weighted by atomic mass is 16.6. The van der Waals surface area contributed by atoms with Crippen LogP contribution in [0.25, 0.3) is 5.69 Å². The second kappa shape index (κ2) is 8.60. The summed E-state index contributed by atoms with van der Waals surface area (Å²) < 4.78 is 13.0. The average molecular weight is 394 g/mol. The predicted octanol–water partition coefficient (Wildman–Crippen LogP) is 4.66. The number of rotatable bonds is 8. The average Bonchev–Trinajstić information content (AvgIpc) is 3.01. The van der Waals surface area contributed by atoms with Crippen molar-refractivity contribution >= 4 is 11.5 Å². The van der Waals surface area contributed by atoms with Crippen LogP contribution in [-0.4, -0.2) is 28.5 Å². The molecule has 0 saturated heterocycles. The number of nitrogens with zero attached hydrogens (tertiary/aromatic N) is 2. The van der Waals surface area contributed by atoms with Crippen LogP contribution in [0.15, 0.2) is 54.6 Å². The number of ketones is 1. The number of hydrogen-bond acceptors (Lipinski definition) is 5. The molecule has 0 radical (unpaired) electrons. The van der Waals surface area contributed by atoms with Gasteiger partial charge in [0.2, 0.25) is 5.78 Å². The van der Waals surface area contributed by atoms with Gasteiger partial charge in [-0.25, -0.2) is 0 Å². The largest absolute Gasteiger partial charge is 0.494 e. The molecule has 0 unspecified atom stereocenters. The molecule has 0 saturated carbocycles. The van der Waals surface area contributed by atoms with Crippen LogP contribution in [0.5, 0.6) is 11.5 Å². The minimum absolute atomic E-state index is 0.0254. The Bertz CT molecular complexity index is 1020. The molecule has 3 rings (SSSR count). The molecule has 29 heavy (non-hydrogen) atoms. The first-order valence-corrected chi connectivity index (χ1v) is 9.23. The van der Waals surface area contributed by atoms with E-state index < -0.39 is 4.92 Å². The first kappa shape index (κ1) is 20.1. The lowest BCUT2D eigenvalue weighted by molar-refractivity contribution is -0.384. The molecule has 0 atom stereocenters. The van der Waals surface area contributed by atoms with Crippen molar-refractivity contribution in [2.45, 2.75) is 20.8 Å². The molecule has 1 heterocycles. The van der Waals surface area contributed by atoms with Crippen LogP contribution in [0.4, 0.5) is 5.69 Å². The highest BCUT2D eigenvalue weighted by molar-refractivity contribution is 5.98. The molecule has 0 N–H and O–H groups in total. The quantitative estimate of drug-likeness (QED) is 0.315. The van der Waals surface area contributed by atoms with Gasteiger partial charge < -0.3 is 14.0 Å². The SMILES string of the molecule is CCOc1ccc(-n2c(C)cc(C(=O)COc3ccc([N+](=O)[O-])cc3)c2C)cc1. The van der Waals surface area contributed by atoms with Gasteiger partial charge >= 0.3 is 0 Å². The Kier molecular flexibility index (Phi) is 5.97. The monoisotopic (exact) mass is 394 g/mol. The molecule has 7 nitrogen and oxygen atoms in total. The van der Waals surface area contributed by atoms with Crippen LogP contribution in [0.2, 0.25) is 0 Å². The van der Waals surface area contributed by atoms with E-state index in [2.05, 4.69) is 0 Å². The number of aromatic nitrogens is 1. The van der Waals surface area contributed by atoms with E-state index in [4.69, 9.17) is 9.47 Å². The van der Waals surface area contributed by atoms with Crippen molar-refractivity contribution in [1.82, 2.24) is 4.57 Å². The highest BCUT2D eigenvalue weighted by Gasteiger charge is 2.17. The summed E-state index contributed by atoms with van der Waals surface area (Å²) in [5.41, 5.74) is 3.26. The van der Waals surface area contributed by atoms with Gasteiger partial charge in [0.25, 0.3) is 5.69 Å². The third-order valence-corrected chi connectivity index (χ3v) is 4.55. The summed E-state index contributed by atoms with van der Waals surface area (Å²) in [4.78, 5) is 22.9. The first-order valence-electron chi connectivity index (χ1n) is 9.23. The molecule has 150 valence electrons. The standard InChI is InChI=1S/C22H22N2O5/c1-4-28-19-9-5-17(6-10-19)23-15(2)13-21(16(23)3)22(25)14-29-20-11-7-18(8-12-20)24(26)27/h5-13H,4,14H2,1-3H3. The smallest absolute Gasteiger partial charge is 0.269 e. The number of non-ortho nitro benzene ring substituents is 1. The van der Waals surface area contributed by atoms with E-state index >= 15 is 0 Å². The summed E-state index contributed by atoms with van der Waals surface area (Å²) in [6.45, 7) is 6.23. The molecular formula is C22H22N2O5. The van der Waals surface area contributed by atoms with Gasteiger partial charge in [-0.15, -0.1) is 0 Å². The lowest BCUT2D eigenvalue weighted by atomic mass is 10.1. The normalized spacial score (nSPS) is 10.6. The van der Waals surface area contributed by atoms with Crippen LogP contribution < -0.4 is 9.47 Å². The summed E-state index contributed by atoms with van der Waals surface area (Å²) in [7, 11) is 0. The number of nitro groups is 1. The van der Waals surface area contributed by atoms with Crippen molar-refractivity contribution in [2.75, 3.05) is 13.2 Å². The van der Waals surface area contributed by atoms with Crippen molar-refractivity contribution in [1.29, 1.82) is 0 Å². The number of benzene rings is 2. The fourth-order valence-corrected chi connectivity index (χ4v) is 3.19. The third kappa shape index (κ3) is 4.45. The zero-order valence-electron chi connectivity index (χ0n) is 16.5. The van der Waals surface area contributed by atoms with Gasteiger partial charge in [-0.1, -0.05) is 0 Å². The molecule has 0 aliphatic heterocycles.